The molecular formula is C12H22N2O3. The minimum Gasteiger partial charge on any atom is -0.411 e. The molecule has 1 unspecified atom stereocenters. The van der Waals surface area contributed by atoms with Crippen molar-refractivity contribution in [2.24, 2.45) is 11.1 Å². The molecule has 98 valence electrons. The van der Waals surface area contributed by atoms with Crippen molar-refractivity contribution >= 4 is 11.6 Å². The van der Waals surface area contributed by atoms with Crippen molar-refractivity contribution in [3.05, 3.63) is 0 Å². The zero-order valence-electron chi connectivity index (χ0n) is 10.7. The normalized spacial score (nSPS) is 23.1. The van der Waals surface area contributed by atoms with Gasteiger partial charge in [-0.15, -0.1) is 0 Å². The minimum absolute atomic E-state index is 0.0360. The lowest BCUT2D eigenvalue weighted by molar-refractivity contribution is -0.136. The molecule has 5 heteroatoms. The fraction of sp³-hybridized carbons (Fsp3) is 0.833. The van der Waals surface area contributed by atoms with Crippen LogP contribution in [0.4, 0.5) is 0 Å². The second-order valence-electron chi connectivity index (χ2n) is 4.34. The average molecular weight is 242 g/mol. The molecule has 1 amide bonds. The highest BCUT2D eigenvalue weighted by molar-refractivity contribution is 5.89. The number of oxime groups is 1. The Labute approximate surface area is 102 Å². The summed E-state index contributed by atoms with van der Waals surface area (Å²) in [6.45, 7) is 6.12. The average Bonchev–Trinajstić information content (AvgIpc) is 2.38. The van der Waals surface area contributed by atoms with Crippen LogP contribution in [0.3, 0.4) is 0 Å². The number of nitrogens with zero attached hydrogens (tertiary/aromatic N) is 2. The van der Waals surface area contributed by atoms with E-state index >= 15 is 0 Å². The maximum absolute atomic E-state index is 11.8. The highest BCUT2D eigenvalue weighted by atomic mass is 16.5. The molecule has 1 rings (SSSR count). The van der Waals surface area contributed by atoms with Crippen LogP contribution in [-0.2, 0) is 9.53 Å². The van der Waals surface area contributed by atoms with Gasteiger partial charge in [0.25, 0.3) is 0 Å². The Bertz CT molecular complexity index is 279. The number of piperidine rings is 1. The predicted octanol–water partition coefficient (Wildman–Crippen LogP) is 1.50. The number of carbonyl (C=O) groups is 1. The van der Waals surface area contributed by atoms with Gasteiger partial charge in [0.15, 0.2) is 0 Å². The van der Waals surface area contributed by atoms with Gasteiger partial charge in [-0.2, -0.15) is 0 Å². The first-order chi connectivity index (χ1) is 8.22. The van der Waals surface area contributed by atoms with Crippen molar-refractivity contribution in [2.45, 2.75) is 33.1 Å². The summed E-state index contributed by atoms with van der Waals surface area (Å²) in [6, 6.07) is 0. The van der Waals surface area contributed by atoms with E-state index in [1.54, 1.807) is 4.90 Å². The van der Waals surface area contributed by atoms with Crippen LogP contribution in [0.1, 0.15) is 33.1 Å². The molecule has 5 nitrogen and oxygen atoms in total. The molecule has 0 spiro atoms. The molecule has 0 aromatic rings. The van der Waals surface area contributed by atoms with Gasteiger partial charge in [-0.05, 0) is 12.8 Å². The summed E-state index contributed by atoms with van der Waals surface area (Å²) in [4.78, 5) is 13.6. The zero-order chi connectivity index (χ0) is 12.7. The van der Waals surface area contributed by atoms with Crippen molar-refractivity contribution in [1.29, 1.82) is 0 Å². The van der Waals surface area contributed by atoms with Crippen molar-refractivity contribution in [2.75, 3.05) is 26.3 Å². The number of hydrogen-bond acceptors (Lipinski definition) is 4. The molecule has 1 fully saturated rings. The lowest BCUT2D eigenvalue weighted by atomic mass is 9.93. The smallest absolute Gasteiger partial charge is 0.248 e. The number of amides is 1. The zero-order valence-corrected chi connectivity index (χ0v) is 10.7. The Morgan fingerprint density at radius 2 is 2.35 bits per heavy atom. The summed E-state index contributed by atoms with van der Waals surface area (Å²) in [5, 5.41) is 12.2. The van der Waals surface area contributed by atoms with E-state index in [2.05, 4.69) is 5.16 Å². The summed E-state index contributed by atoms with van der Waals surface area (Å²) in [5.74, 6) is 0.220. The Hall–Kier alpha value is -1.10. The van der Waals surface area contributed by atoms with E-state index in [1.165, 1.54) is 0 Å². The third kappa shape index (κ3) is 4.00. The quantitative estimate of drug-likeness (QED) is 0.451. The van der Waals surface area contributed by atoms with Crippen molar-refractivity contribution in [3.63, 3.8) is 0 Å². The predicted molar refractivity (Wildman–Crippen MR) is 65.3 cm³/mol. The van der Waals surface area contributed by atoms with Crippen LogP contribution in [0.2, 0.25) is 0 Å². The van der Waals surface area contributed by atoms with Gasteiger partial charge in [-0.25, -0.2) is 0 Å². The molecule has 1 aliphatic heterocycles. The Kier molecular flexibility index (Phi) is 5.97. The van der Waals surface area contributed by atoms with Gasteiger partial charge in [0.05, 0.1) is 5.71 Å². The fourth-order valence-corrected chi connectivity index (χ4v) is 2.03. The summed E-state index contributed by atoms with van der Waals surface area (Å²) in [7, 11) is 0. The molecule has 0 aliphatic carbocycles. The highest BCUT2D eigenvalue weighted by Gasteiger charge is 2.27. The molecule has 0 aromatic carbocycles. The van der Waals surface area contributed by atoms with E-state index in [-0.39, 0.29) is 18.4 Å². The SMILES string of the molecule is CCCOCC(=O)N1CCC(=NO)C(CC)C1. The second kappa shape index (κ2) is 7.27. The Morgan fingerprint density at radius 3 is 2.94 bits per heavy atom. The summed E-state index contributed by atoms with van der Waals surface area (Å²) >= 11 is 0. The lowest BCUT2D eigenvalue weighted by Crippen LogP contribution is -2.45. The maximum Gasteiger partial charge on any atom is 0.248 e. The number of ether oxygens (including phenoxy) is 1. The van der Waals surface area contributed by atoms with Crippen molar-refractivity contribution in [3.8, 4) is 0 Å². The number of rotatable bonds is 5. The molecule has 0 bridgehead atoms. The van der Waals surface area contributed by atoms with E-state index < -0.39 is 0 Å². The van der Waals surface area contributed by atoms with Gasteiger partial charge < -0.3 is 14.8 Å². The second-order valence-corrected chi connectivity index (χ2v) is 4.34. The molecule has 0 radical (unpaired) electrons. The van der Waals surface area contributed by atoms with Crippen LogP contribution in [0.5, 0.6) is 0 Å². The van der Waals surface area contributed by atoms with Gasteiger partial charge in [0.2, 0.25) is 5.91 Å². The maximum atomic E-state index is 11.8. The molecule has 1 N–H and O–H groups in total. The summed E-state index contributed by atoms with van der Waals surface area (Å²) < 4.78 is 5.25. The lowest BCUT2D eigenvalue weighted by Gasteiger charge is -2.32. The van der Waals surface area contributed by atoms with Gasteiger partial charge in [0, 0.05) is 32.0 Å². The van der Waals surface area contributed by atoms with Crippen LogP contribution in [-0.4, -0.2) is 48.0 Å². The Morgan fingerprint density at radius 1 is 1.59 bits per heavy atom. The largest absolute Gasteiger partial charge is 0.411 e. The fourth-order valence-electron chi connectivity index (χ4n) is 2.03. The standard InChI is InChI=1S/C12H22N2O3/c1-3-7-17-9-12(15)14-6-5-11(13-16)10(4-2)8-14/h10,16H,3-9H2,1-2H3. The molecule has 1 heterocycles. The van der Waals surface area contributed by atoms with E-state index in [4.69, 9.17) is 9.94 Å². The number of carbonyl (C=O) groups excluding carboxylic acids is 1. The first-order valence-electron chi connectivity index (χ1n) is 6.29. The third-order valence-corrected chi connectivity index (χ3v) is 3.10. The molecule has 0 aromatic heterocycles. The molecule has 1 atom stereocenters. The molecular weight excluding hydrogens is 220 g/mol. The van der Waals surface area contributed by atoms with E-state index in [9.17, 15) is 4.79 Å². The molecule has 1 saturated heterocycles. The summed E-state index contributed by atoms with van der Waals surface area (Å²) in [6.07, 6.45) is 2.47. The first-order valence-corrected chi connectivity index (χ1v) is 6.29. The van der Waals surface area contributed by atoms with Crippen molar-refractivity contribution < 1.29 is 14.7 Å². The first kappa shape index (κ1) is 14.0. The van der Waals surface area contributed by atoms with Crippen LogP contribution in [0.15, 0.2) is 5.16 Å². The molecule has 0 saturated carbocycles. The molecule has 17 heavy (non-hydrogen) atoms. The van der Waals surface area contributed by atoms with Gasteiger partial charge >= 0.3 is 0 Å². The number of likely N-dealkylation sites (tertiary alicyclic amines) is 1. The monoisotopic (exact) mass is 242 g/mol. The van der Waals surface area contributed by atoms with E-state index in [0.717, 1.165) is 18.6 Å². The van der Waals surface area contributed by atoms with Gasteiger partial charge in [0.1, 0.15) is 6.61 Å². The van der Waals surface area contributed by atoms with Crippen LogP contribution >= 0.6 is 0 Å². The minimum atomic E-state index is 0.0360. The summed E-state index contributed by atoms with van der Waals surface area (Å²) in [5.41, 5.74) is 0.811. The Balaban J connectivity index is 2.43. The van der Waals surface area contributed by atoms with E-state index in [0.29, 0.717) is 26.1 Å². The third-order valence-electron chi connectivity index (χ3n) is 3.10. The van der Waals surface area contributed by atoms with Crippen LogP contribution in [0, 0.1) is 5.92 Å². The number of hydrogen-bond donors (Lipinski definition) is 1. The molecule has 1 aliphatic rings. The van der Waals surface area contributed by atoms with Crippen LogP contribution < -0.4 is 0 Å². The topological polar surface area (TPSA) is 62.1 Å². The van der Waals surface area contributed by atoms with Crippen molar-refractivity contribution in [1.82, 2.24) is 4.90 Å². The van der Waals surface area contributed by atoms with E-state index in [1.807, 2.05) is 13.8 Å². The van der Waals surface area contributed by atoms with Gasteiger partial charge in [-0.3, -0.25) is 4.79 Å². The van der Waals surface area contributed by atoms with Crippen LogP contribution in [0.25, 0.3) is 0 Å². The highest BCUT2D eigenvalue weighted by Crippen LogP contribution is 2.17. The van der Waals surface area contributed by atoms with Gasteiger partial charge in [-0.1, -0.05) is 19.0 Å².